The van der Waals surface area contributed by atoms with Crippen LogP contribution in [0.25, 0.3) is 0 Å². The van der Waals surface area contributed by atoms with E-state index >= 15 is 0 Å². The van der Waals surface area contributed by atoms with Crippen molar-refractivity contribution < 1.29 is 19.4 Å². The third-order valence-corrected chi connectivity index (χ3v) is 3.64. The van der Waals surface area contributed by atoms with E-state index in [0.717, 1.165) is 34.6 Å². The van der Waals surface area contributed by atoms with Crippen LogP contribution in [0.1, 0.15) is 16.7 Å². The average Bonchev–Trinajstić information content (AvgIpc) is 2.96. The molecule has 1 heterocycles. The summed E-state index contributed by atoms with van der Waals surface area (Å²) in [6.07, 6.45) is 1.11. The standard InChI is InChI=1S/C17H17NO4.ClH/c18-14(17(19)20)8-12-3-1-11(2-4-12)7-13-5-6-15-16(9-13)22-10-21-15;/h1-6,9,14H,7-8,10,18H2,(H,19,20);1H/t14-;/m0./s1. The van der Waals surface area contributed by atoms with E-state index in [1.54, 1.807) is 0 Å². The second kappa shape index (κ2) is 7.35. The predicted octanol–water partition coefficient (Wildman–Crippen LogP) is 2.38. The van der Waals surface area contributed by atoms with Crippen LogP contribution in [-0.4, -0.2) is 23.9 Å². The number of carbonyl (C=O) groups is 1. The average molecular weight is 336 g/mol. The second-order valence-corrected chi connectivity index (χ2v) is 5.33. The van der Waals surface area contributed by atoms with E-state index in [2.05, 4.69) is 0 Å². The lowest BCUT2D eigenvalue weighted by Crippen LogP contribution is -2.32. The maximum atomic E-state index is 10.8. The Morgan fingerprint density at radius 1 is 1.04 bits per heavy atom. The number of rotatable bonds is 5. The fraction of sp³-hybridized carbons (Fsp3) is 0.235. The number of fused-ring (bicyclic) bond motifs is 1. The van der Waals surface area contributed by atoms with Crippen LogP contribution in [0.5, 0.6) is 11.5 Å². The Hall–Kier alpha value is -2.24. The highest BCUT2D eigenvalue weighted by atomic mass is 35.5. The highest BCUT2D eigenvalue weighted by Gasteiger charge is 2.14. The molecule has 0 spiro atoms. The van der Waals surface area contributed by atoms with E-state index < -0.39 is 12.0 Å². The van der Waals surface area contributed by atoms with Gasteiger partial charge in [-0.1, -0.05) is 30.3 Å². The van der Waals surface area contributed by atoms with Gasteiger partial charge in [0.1, 0.15) is 6.04 Å². The molecule has 3 N–H and O–H groups in total. The van der Waals surface area contributed by atoms with E-state index in [9.17, 15) is 4.79 Å². The van der Waals surface area contributed by atoms with Crippen LogP contribution in [0.15, 0.2) is 42.5 Å². The summed E-state index contributed by atoms with van der Waals surface area (Å²) in [6.45, 7) is 0.275. The summed E-state index contributed by atoms with van der Waals surface area (Å²) in [5.41, 5.74) is 8.74. The molecule has 1 atom stereocenters. The fourth-order valence-electron chi connectivity index (χ4n) is 2.42. The molecule has 0 fully saturated rings. The smallest absolute Gasteiger partial charge is 0.320 e. The van der Waals surface area contributed by atoms with Crippen LogP contribution < -0.4 is 15.2 Å². The number of benzene rings is 2. The van der Waals surface area contributed by atoms with Crippen molar-refractivity contribution >= 4 is 18.4 Å². The molecule has 0 saturated carbocycles. The molecule has 23 heavy (non-hydrogen) atoms. The molecule has 3 rings (SSSR count). The van der Waals surface area contributed by atoms with Crippen LogP contribution in [0, 0.1) is 0 Å². The van der Waals surface area contributed by atoms with Gasteiger partial charge in [0.25, 0.3) is 0 Å². The quantitative estimate of drug-likeness (QED) is 0.876. The molecule has 0 radical (unpaired) electrons. The number of hydrogen-bond donors (Lipinski definition) is 2. The number of carboxylic acids is 1. The first-order valence-corrected chi connectivity index (χ1v) is 7.06. The van der Waals surface area contributed by atoms with Crippen LogP contribution in [0.3, 0.4) is 0 Å². The minimum atomic E-state index is -0.982. The number of nitrogens with two attached hydrogens (primary N) is 1. The minimum absolute atomic E-state index is 0. The molecule has 0 bridgehead atoms. The Bertz CT molecular complexity index is 687. The largest absolute Gasteiger partial charge is 0.480 e. The van der Waals surface area contributed by atoms with Crippen molar-refractivity contribution in [3.8, 4) is 11.5 Å². The van der Waals surface area contributed by atoms with Gasteiger partial charge in [-0.25, -0.2) is 0 Å². The Morgan fingerprint density at radius 3 is 2.35 bits per heavy atom. The second-order valence-electron chi connectivity index (χ2n) is 5.33. The molecule has 1 aliphatic rings. The van der Waals surface area contributed by atoms with Crippen molar-refractivity contribution in [2.45, 2.75) is 18.9 Å². The molecule has 5 nitrogen and oxygen atoms in total. The third kappa shape index (κ3) is 4.15. The van der Waals surface area contributed by atoms with Gasteiger partial charge >= 0.3 is 5.97 Å². The summed E-state index contributed by atoms with van der Waals surface area (Å²) in [5.74, 6) is 0.577. The van der Waals surface area contributed by atoms with Gasteiger partial charge < -0.3 is 20.3 Å². The fourth-order valence-corrected chi connectivity index (χ4v) is 2.42. The van der Waals surface area contributed by atoms with Crippen molar-refractivity contribution in [1.82, 2.24) is 0 Å². The molecular formula is C17H18ClNO4. The topological polar surface area (TPSA) is 81.8 Å². The number of aliphatic carboxylic acids is 1. The SMILES string of the molecule is Cl.N[C@@H](Cc1ccc(Cc2ccc3c(c2)OCO3)cc1)C(=O)O. The first-order valence-electron chi connectivity index (χ1n) is 7.06. The Labute approximate surface area is 140 Å². The summed E-state index contributed by atoms with van der Waals surface area (Å²) >= 11 is 0. The summed E-state index contributed by atoms with van der Waals surface area (Å²) < 4.78 is 10.7. The van der Waals surface area contributed by atoms with Gasteiger partial charge in [0.2, 0.25) is 6.79 Å². The molecule has 0 aromatic heterocycles. The Morgan fingerprint density at radius 2 is 1.65 bits per heavy atom. The van der Waals surface area contributed by atoms with E-state index in [0.29, 0.717) is 6.42 Å². The van der Waals surface area contributed by atoms with Gasteiger partial charge in [0, 0.05) is 0 Å². The van der Waals surface area contributed by atoms with Crippen molar-refractivity contribution in [2.75, 3.05) is 6.79 Å². The Balaban J connectivity index is 0.00000192. The molecule has 122 valence electrons. The number of ether oxygens (including phenoxy) is 2. The van der Waals surface area contributed by atoms with Crippen molar-refractivity contribution in [3.05, 3.63) is 59.2 Å². The lowest BCUT2D eigenvalue weighted by atomic mass is 10.0. The molecule has 0 amide bonds. The van der Waals surface area contributed by atoms with Gasteiger partial charge in [-0.15, -0.1) is 12.4 Å². The zero-order valence-corrected chi connectivity index (χ0v) is 13.2. The number of carboxylic acid groups (broad SMARTS) is 1. The minimum Gasteiger partial charge on any atom is -0.480 e. The van der Waals surface area contributed by atoms with Crippen LogP contribution >= 0.6 is 12.4 Å². The molecule has 0 aliphatic carbocycles. The van der Waals surface area contributed by atoms with Gasteiger partial charge in [0.15, 0.2) is 11.5 Å². The zero-order valence-electron chi connectivity index (χ0n) is 12.4. The van der Waals surface area contributed by atoms with Crippen LogP contribution in [-0.2, 0) is 17.6 Å². The lowest BCUT2D eigenvalue weighted by Gasteiger charge is -2.08. The van der Waals surface area contributed by atoms with Gasteiger partial charge in [0.05, 0.1) is 0 Å². The van der Waals surface area contributed by atoms with Crippen LogP contribution in [0.4, 0.5) is 0 Å². The third-order valence-electron chi connectivity index (χ3n) is 3.64. The van der Waals surface area contributed by atoms with Crippen molar-refractivity contribution in [3.63, 3.8) is 0 Å². The first kappa shape index (κ1) is 17.1. The summed E-state index contributed by atoms with van der Waals surface area (Å²) in [5, 5.41) is 8.82. The highest BCUT2D eigenvalue weighted by molar-refractivity contribution is 5.85. The van der Waals surface area contributed by atoms with Gasteiger partial charge in [-0.2, -0.15) is 0 Å². The molecule has 1 aliphatic heterocycles. The maximum absolute atomic E-state index is 10.8. The van der Waals surface area contributed by atoms with E-state index in [1.807, 2.05) is 42.5 Å². The van der Waals surface area contributed by atoms with Crippen molar-refractivity contribution in [2.24, 2.45) is 5.73 Å². The molecule has 2 aromatic carbocycles. The Kier molecular flexibility index (Phi) is 5.47. The normalized spacial score (nSPS) is 13.3. The molecule has 0 unspecified atom stereocenters. The van der Waals surface area contributed by atoms with Gasteiger partial charge in [-0.3, -0.25) is 4.79 Å². The first-order chi connectivity index (χ1) is 10.6. The van der Waals surface area contributed by atoms with E-state index in [4.69, 9.17) is 20.3 Å². The maximum Gasteiger partial charge on any atom is 0.320 e. The summed E-state index contributed by atoms with van der Waals surface area (Å²) in [6, 6.07) is 12.9. The van der Waals surface area contributed by atoms with Crippen LogP contribution in [0.2, 0.25) is 0 Å². The van der Waals surface area contributed by atoms with Gasteiger partial charge in [-0.05, 0) is 41.7 Å². The molecule has 6 heteroatoms. The highest BCUT2D eigenvalue weighted by Crippen LogP contribution is 2.33. The van der Waals surface area contributed by atoms with Crippen molar-refractivity contribution in [1.29, 1.82) is 0 Å². The number of hydrogen-bond acceptors (Lipinski definition) is 4. The monoisotopic (exact) mass is 335 g/mol. The molecule has 0 saturated heterocycles. The lowest BCUT2D eigenvalue weighted by molar-refractivity contribution is -0.138. The summed E-state index contributed by atoms with van der Waals surface area (Å²) in [4.78, 5) is 10.8. The number of halogens is 1. The molecular weight excluding hydrogens is 318 g/mol. The predicted molar refractivity (Wildman–Crippen MR) is 88.4 cm³/mol. The summed E-state index contributed by atoms with van der Waals surface area (Å²) in [7, 11) is 0. The molecule has 2 aromatic rings. The zero-order chi connectivity index (χ0) is 15.5. The van der Waals surface area contributed by atoms with E-state index in [-0.39, 0.29) is 19.2 Å². The van der Waals surface area contributed by atoms with E-state index in [1.165, 1.54) is 0 Å².